The van der Waals surface area contributed by atoms with Gasteiger partial charge in [0.25, 0.3) is 0 Å². The van der Waals surface area contributed by atoms with Gasteiger partial charge in [0.05, 0.1) is 11.9 Å². The topological polar surface area (TPSA) is 90.8 Å². The van der Waals surface area contributed by atoms with Crippen LogP contribution in [0.1, 0.15) is 35.9 Å². The van der Waals surface area contributed by atoms with Gasteiger partial charge in [-0.05, 0) is 36.9 Å². The van der Waals surface area contributed by atoms with Gasteiger partial charge in [-0.15, -0.1) is 23.1 Å². The molecule has 2 aromatic carbocycles. The van der Waals surface area contributed by atoms with Crippen LogP contribution in [0.15, 0.2) is 58.5 Å². The molecule has 0 fully saturated rings. The fourth-order valence-electron chi connectivity index (χ4n) is 4.14. The molecule has 1 aliphatic heterocycles. The van der Waals surface area contributed by atoms with Gasteiger partial charge in [0.1, 0.15) is 14.8 Å². The number of thiazole rings is 1. The number of nitrogens with zero attached hydrogens (tertiary/aromatic N) is 3. The van der Waals surface area contributed by atoms with Gasteiger partial charge in [-0.2, -0.15) is 4.31 Å². The van der Waals surface area contributed by atoms with Gasteiger partial charge in [0.15, 0.2) is 0 Å². The number of benzene rings is 2. The van der Waals surface area contributed by atoms with E-state index in [1.165, 1.54) is 22.3 Å². The standard InChI is InChI=1S/C24H27N3O4S3/c1-4-5-9-17-15-27(16-10-7-6-8-11-16)19-13-20(32-3)18(12-22(19)34(30,31)26(17)2)23-25-14-21(33-23)24(28)29/h6-8,10-14,17H,4-5,9,15H2,1-3H3,(H,28,29). The molecule has 4 rings (SSSR count). The summed E-state index contributed by atoms with van der Waals surface area (Å²) in [5.74, 6) is -1.05. The van der Waals surface area contributed by atoms with Crippen molar-refractivity contribution >= 4 is 50.5 Å². The number of thioether (sulfide) groups is 1. The Morgan fingerprint density at radius 2 is 2.00 bits per heavy atom. The molecule has 180 valence electrons. The van der Waals surface area contributed by atoms with Crippen molar-refractivity contribution in [3.05, 3.63) is 53.5 Å². The lowest BCUT2D eigenvalue weighted by molar-refractivity contribution is 0.0702. The van der Waals surface area contributed by atoms with E-state index < -0.39 is 16.0 Å². The minimum absolute atomic E-state index is 0.113. The van der Waals surface area contributed by atoms with Gasteiger partial charge in [-0.3, -0.25) is 0 Å². The van der Waals surface area contributed by atoms with Crippen molar-refractivity contribution in [1.82, 2.24) is 9.29 Å². The largest absolute Gasteiger partial charge is 0.477 e. The van der Waals surface area contributed by atoms with Crippen LogP contribution in [-0.4, -0.2) is 54.7 Å². The summed E-state index contributed by atoms with van der Waals surface area (Å²) in [6.45, 7) is 2.64. The molecule has 0 aliphatic carbocycles. The maximum absolute atomic E-state index is 13.9. The van der Waals surface area contributed by atoms with Crippen LogP contribution in [-0.2, 0) is 10.0 Å². The molecular formula is C24H27N3O4S3. The highest BCUT2D eigenvalue weighted by Crippen LogP contribution is 2.44. The minimum atomic E-state index is -3.80. The number of anilines is 2. The lowest BCUT2D eigenvalue weighted by atomic mass is 10.1. The van der Waals surface area contributed by atoms with Gasteiger partial charge < -0.3 is 10.0 Å². The van der Waals surface area contributed by atoms with E-state index in [1.807, 2.05) is 42.7 Å². The lowest BCUT2D eigenvalue weighted by Gasteiger charge is -2.29. The molecule has 34 heavy (non-hydrogen) atoms. The van der Waals surface area contributed by atoms with Crippen LogP contribution >= 0.6 is 23.1 Å². The number of carboxylic acids is 1. The second kappa shape index (κ2) is 10.1. The van der Waals surface area contributed by atoms with Crippen molar-refractivity contribution in [1.29, 1.82) is 0 Å². The van der Waals surface area contributed by atoms with E-state index in [1.54, 1.807) is 13.1 Å². The highest BCUT2D eigenvalue weighted by molar-refractivity contribution is 7.98. The molecule has 1 unspecified atom stereocenters. The van der Waals surface area contributed by atoms with Gasteiger partial charge in [0, 0.05) is 35.8 Å². The van der Waals surface area contributed by atoms with Crippen molar-refractivity contribution < 1.29 is 18.3 Å². The van der Waals surface area contributed by atoms with Crippen molar-refractivity contribution in [2.75, 3.05) is 24.7 Å². The predicted octanol–water partition coefficient (Wildman–Crippen LogP) is 5.56. The second-order valence-electron chi connectivity index (χ2n) is 8.12. The van der Waals surface area contributed by atoms with Gasteiger partial charge in [-0.1, -0.05) is 38.0 Å². The number of carboxylic acid groups (broad SMARTS) is 1. The number of hydrogen-bond acceptors (Lipinski definition) is 7. The van der Waals surface area contributed by atoms with Crippen molar-refractivity contribution in [3.8, 4) is 10.6 Å². The Balaban J connectivity index is 1.95. The summed E-state index contributed by atoms with van der Waals surface area (Å²) in [6, 6.07) is 13.2. The fraction of sp³-hybridized carbons (Fsp3) is 0.333. The summed E-state index contributed by atoms with van der Waals surface area (Å²) >= 11 is 2.53. The van der Waals surface area contributed by atoms with Gasteiger partial charge in [0.2, 0.25) is 10.0 Å². The van der Waals surface area contributed by atoms with Crippen LogP contribution in [0, 0.1) is 0 Å². The average Bonchev–Trinajstić information content (AvgIpc) is 3.31. The third kappa shape index (κ3) is 4.59. The maximum atomic E-state index is 13.9. The molecule has 7 nitrogen and oxygen atoms in total. The number of rotatable bonds is 7. The quantitative estimate of drug-likeness (QED) is 0.410. The summed E-state index contributed by atoms with van der Waals surface area (Å²) in [4.78, 5) is 18.9. The number of fused-ring (bicyclic) bond motifs is 1. The number of hydrogen-bond donors (Lipinski definition) is 1. The lowest BCUT2D eigenvalue weighted by Crippen LogP contribution is -2.40. The summed E-state index contributed by atoms with van der Waals surface area (Å²) in [6.07, 6.45) is 5.92. The van der Waals surface area contributed by atoms with Crippen LogP contribution in [0.25, 0.3) is 10.6 Å². The van der Waals surface area contributed by atoms with Gasteiger partial charge in [-0.25, -0.2) is 18.2 Å². The Hall–Kier alpha value is -2.40. The maximum Gasteiger partial charge on any atom is 0.347 e. The van der Waals surface area contributed by atoms with E-state index in [0.717, 1.165) is 41.2 Å². The Kier molecular flexibility index (Phi) is 7.32. The number of unbranched alkanes of at least 4 members (excludes halogenated alkanes) is 1. The Labute approximate surface area is 208 Å². The Morgan fingerprint density at radius 1 is 1.26 bits per heavy atom. The molecule has 0 saturated heterocycles. The molecule has 1 aliphatic rings. The van der Waals surface area contributed by atoms with Gasteiger partial charge >= 0.3 is 5.97 Å². The monoisotopic (exact) mass is 517 g/mol. The summed E-state index contributed by atoms with van der Waals surface area (Å²) in [7, 11) is -2.15. The summed E-state index contributed by atoms with van der Waals surface area (Å²) < 4.78 is 29.2. The first-order valence-electron chi connectivity index (χ1n) is 11.0. The number of aromatic nitrogens is 1. The highest BCUT2D eigenvalue weighted by atomic mass is 32.2. The first-order valence-corrected chi connectivity index (χ1v) is 14.5. The molecule has 1 aromatic heterocycles. The zero-order chi connectivity index (χ0) is 24.5. The number of likely N-dealkylation sites (N-methyl/N-ethyl adjacent to an activating group) is 1. The molecule has 1 atom stereocenters. The SMILES string of the molecule is CCCCC1CN(c2ccccc2)c2cc(SC)c(-c3ncc(C(=O)O)s3)cc2S(=O)(=O)N1C. The molecular weight excluding hydrogens is 490 g/mol. The molecule has 10 heteroatoms. The molecule has 0 amide bonds. The zero-order valence-electron chi connectivity index (χ0n) is 19.3. The third-order valence-corrected chi connectivity index (χ3v) is 9.78. The Bertz CT molecular complexity index is 1290. The van der Waals surface area contributed by atoms with Crippen molar-refractivity contribution in [2.45, 2.75) is 42.0 Å². The van der Waals surface area contributed by atoms with Crippen LogP contribution in [0.3, 0.4) is 0 Å². The number of carbonyl (C=O) groups is 1. The molecule has 1 N–H and O–H groups in total. The van der Waals surface area contributed by atoms with E-state index in [4.69, 9.17) is 0 Å². The first-order chi connectivity index (χ1) is 16.3. The van der Waals surface area contributed by atoms with Crippen LogP contribution < -0.4 is 4.90 Å². The molecule has 0 bridgehead atoms. The Morgan fingerprint density at radius 3 is 2.62 bits per heavy atom. The zero-order valence-corrected chi connectivity index (χ0v) is 21.7. The van der Waals surface area contributed by atoms with E-state index in [2.05, 4.69) is 16.8 Å². The molecule has 0 spiro atoms. The number of sulfonamides is 1. The fourth-order valence-corrected chi connectivity index (χ4v) is 7.17. The normalized spacial score (nSPS) is 17.9. The van der Waals surface area contributed by atoms with Crippen LogP contribution in [0.5, 0.6) is 0 Å². The van der Waals surface area contributed by atoms with Crippen molar-refractivity contribution in [3.63, 3.8) is 0 Å². The summed E-state index contributed by atoms with van der Waals surface area (Å²) in [5.41, 5.74) is 2.18. The first kappa shape index (κ1) is 24.7. The molecule has 2 heterocycles. The smallest absolute Gasteiger partial charge is 0.347 e. The average molecular weight is 518 g/mol. The molecule has 3 aromatic rings. The van der Waals surface area contributed by atoms with Crippen LogP contribution in [0.2, 0.25) is 0 Å². The highest BCUT2D eigenvalue weighted by Gasteiger charge is 2.37. The van der Waals surface area contributed by atoms with E-state index >= 15 is 0 Å². The van der Waals surface area contributed by atoms with E-state index in [-0.39, 0.29) is 15.8 Å². The minimum Gasteiger partial charge on any atom is -0.477 e. The molecule has 0 radical (unpaired) electrons. The number of aromatic carboxylic acids is 1. The number of para-hydroxylation sites is 1. The van der Waals surface area contributed by atoms with Crippen LogP contribution in [0.4, 0.5) is 11.4 Å². The van der Waals surface area contributed by atoms with E-state index in [9.17, 15) is 18.3 Å². The summed E-state index contributed by atoms with van der Waals surface area (Å²) in [5, 5.41) is 9.82. The predicted molar refractivity (Wildman–Crippen MR) is 138 cm³/mol. The second-order valence-corrected chi connectivity index (χ2v) is 12.0. The van der Waals surface area contributed by atoms with E-state index in [0.29, 0.717) is 22.8 Å². The van der Waals surface area contributed by atoms with Crippen molar-refractivity contribution in [2.24, 2.45) is 0 Å². The third-order valence-electron chi connectivity index (χ3n) is 6.04. The molecule has 0 saturated carbocycles.